The molecule has 0 bridgehead atoms. The molecule has 1 unspecified atom stereocenters. The van der Waals surface area contributed by atoms with Crippen LogP contribution < -0.4 is 10.6 Å². The van der Waals surface area contributed by atoms with Crippen LogP contribution >= 0.6 is 0 Å². The Kier molecular flexibility index (Phi) is 23.1. The number of esters is 2. The van der Waals surface area contributed by atoms with E-state index in [-0.39, 0.29) is 18.9 Å². The Morgan fingerprint density at radius 3 is 1.62 bits per heavy atom. The van der Waals surface area contributed by atoms with Crippen molar-refractivity contribution in [1.29, 1.82) is 0 Å². The van der Waals surface area contributed by atoms with Crippen molar-refractivity contribution in [1.82, 2.24) is 10.6 Å². The van der Waals surface area contributed by atoms with Crippen LogP contribution in [0.2, 0.25) is 0 Å². The molecular formula is C31H44N2O6. The predicted octanol–water partition coefficient (Wildman–Crippen LogP) is 4.97. The van der Waals surface area contributed by atoms with Gasteiger partial charge >= 0.3 is 11.9 Å². The van der Waals surface area contributed by atoms with Gasteiger partial charge < -0.3 is 20.1 Å². The maximum Gasteiger partial charge on any atom is 0.330 e. The van der Waals surface area contributed by atoms with Crippen LogP contribution in [-0.4, -0.2) is 50.6 Å². The fourth-order valence-corrected chi connectivity index (χ4v) is 2.93. The maximum absolute atomic E-state index is 12.1. The molecule has 0 aromatic heterocycles. The van der Waals surface area contributed by atoms with Crippen LogP contribution in [-0.2, 0) is 28.7 Å². The van der Waals surface area contributed by atoms with Gasteiger partial charge in [-0.15, -0.1) is 0 Å². The summed E-state index contributed by atoms with van der Waals surface area (Å²) in [5.74, 6) is -2.37. The quantitative estimate of drug-likeness (QED) is 0.128. The topological polar surface area (TPSA) is 111 Å². The molecule has 2 amide bonds. The van der Waals surface area contributed by atoms with Gasteiger partial charge in [0.25, 0.3) is 0 Å². The normalized spacial score (nSPS) is 13.0. The van der Waals surface area contributed by atoms with Crippen LogP contribution in [0.15, 0.2) is 85.1 Å². The van der Waals surface area contributed by atoms with Gasteiger partial charge in [-0.25, -0.2) is 9.59 Å². The van der Waals surface area contributed by atoms with Gasteiger partial charge in [0, 0.05) is 25.1 Å². The minimum Gasteiger partial charge on any atom is -0.467 e. The molecule has 0 aliphatic rings. The number of rotatable bonds is 20. The van der Waals surface area contributed by atoms with E-state index in [1.54, 1.807) is 0 Å². The largest absolute Gasteiger partial charge is 0.467 e. The fourth-order valence-electron chi connectivity index (χ4n) is 2.93. The van der Waals surface area contributed by atoms with Gasteiger partial charge in [-0.3, -0.25) is 9.59 Å². The maximum atomic E-state index is 12.1. The summed E-state index contributed by atoms with van der Waals surface area (Å²) in [4.78, 5) is 46.8. The van der Waals surface area contributed by atoms with E-state index in [1.807, 2.05) is 12.2 Å². The number of carbonyl (C=O) groups excluding carboxylic acids is 4. The highest BCUT2D eigenvalue weighted by molar-refractivity contribution is 5.96. The van der Waals surface area contributed by atoms with Gasteiger partial charge in [0.2, 0.25) is 11.8 Å². The van der Waals surface area contributed by atoms with Crippen molar-refractivity contribution in [3.05, 3.63) is 85.1 Å². The minimum absolute atomic E-state index is 0.132. The molecule has 0 aromatic carbocycles. The molecule has 0 saturated carbocycles. The highest BCUT2D eigenvalue weighted by Gasteiger charge is 2.21. The summed E-state index contributed by atoms with van der Waals surface area (Å²) >= 11 is 0. The van der Waals surface area contributed by atoms with Crippen LogP contribution in [0, 0.1) is 0 Å². The van der Waals surface area contributed by atoms with Gasteiger partial charge in [-0.2, -0.15) is 0 Å². The Bertz CT molecular complexity index is 925. The summed E-state index contributed by atoms with van der Waals surface area (Å²) in [7, 11) is 2.35. The number of ether oxygens (including phenoxy) is 2. The number of carbonyl (C=O) groups is 4. The van der Waals surface area contributed by atoms with E-state index < -0.39 is 23.9 Å². The lowest BCUT2D eigenvalue weighted by molar-refractivity contribution is -0.144. The first-order valence-electron chi connectivity index (χ1n) is 13.3. The molecule has 0 aromatic rings. The van der Waals surface area contributed by atoms with E-state index in [1.165, 1.54) is 14.2 Å². The van der Waals surface area contributed by atoms with E-state index in [2.05, 4.69) is 87.8 Å². The van der Waals surface area contributed by atoms with Gasteiger partial charge in [0.1, 0.15) is 6.04 Å². The molecule has 8 heteroatoms. The average molecular weight is 541 g/mol. The van der Waals surface area contributed by atoms with Gasteiger partial charge in [-0.1, -0.05) is 79.8 Å². The van der Waals surface area contributed by atoms with E-state index in [0.29, 0.717) is 6.42 Å². The van der Waals surface area contributed by atoms with Crippen LogP contribution in [0.25, 0.3) is 0 Å². The Balaban J connectivity index is 4.06. The second-order valence-electron chi connectivity index (χ2n) is 8.20. The lowest BCUT2D eigenvalue weighted by Crippen LogP contribution is -2.48. The number of nitrogens with one attached hydrogen (secondary N) is 2. The Morgan fingerprint density at radius 2 is 1.15 bits per heavy atom. The average Bonchev–Trinajstić information content (AvgIpc) is 2.94. The summed E-state index contributed by atoms with van der Waals surface area (Å²) in [5.41, 5.74) is 0. The highest BCUT2D eigenvalue weighted by Crippen LogP contribution is 1.98. The van der Waals surface area contributed by atoms with Crippen LogP contribution in [0.1, 0.15) is 58.3 Å². The predicted molar refractivity (Wildman–Crippen MR) is 156 cm³/mol. The molecule has 0 aliphatic carbocycles. The molecule has 0 saturated heterocycles. The molecule has 0 rings (SSSR count). The minimum atomic E-state index is -1.08. The van der Waals surface area contributed by atoms with Crippen LogP contribution in [0.4, 0.5) is 0 Å². The van der Waals surface area contributed by atoms with E-state index in [9.17, 15) is 19.2 Å². The molecule has 8 nitrogen and oxygen atoms in total. The van der Waals surface area contributed by atoms with Crippen molar-refractivity contribution in [2.45, 2.75) is 64.3 Å². The molecule has 0 aliphatic heterocycles. The molecule has 0 fully saturated rings. The summed E-state index contributed by atoms with van der Waals surface area (Å²) in [5, 5.41) is 4.98. The van der Waals surface area contributed by atoms with Crippen molar-refractivity contribution in [2.24, 2.45) is 0 Å². The SMILES string of the molecule is CC/C=C\C/C=C\C/C=C\C/C=C\C/C=C\C/C=C\CCC(=O)NCC(NC(=O)/C=C/C(=O)OC)C(=O)OC. The zero-order valence-electron chi connectivity index (χ0n) is 23.5. The first kappa shape index (κ1) is 35.1. The number of hydrogen-bond donors (Lipinski definition) is 2. The van der Waals surface area contributed by atoms with Crippen molar-refractivity contribution < 1.29 is 28.7 Å². The Hall–Kier alpha value is -3.94. The van der Waals surface area contributed by atoms with Crippen LogP contribution in [0.3, 0.4) is 0 Å². The van der Waals surface area contributed by atoms with Gasteiger partial charge in [-0.05, 0) is 44.9 Å². The second kappa shape index (κ2) is 25.7. The highest BCUT2D eigenvalue weighted by atomic mass is 16.5. The van der Waals surface area contributed by atoms with Crippen molar-refractivity contribution in [2.75, 3.05) is 20.8 Å². The Labute approximate surface area is 233 Å². The number of amides is 2. The fraction of sp³-hybridized carbons (Fsp3) is 0.419. The van der Waals surface area contributed by atoms with Crippen molar-refractivity contribution in [3.8, 4) is 0 Å². The monoisotopic (exact) mass is 540 g/mol. The molecular weight excluding hydrogens is 496 g/mol. The first-order chi connectivity index (χ1) is 18.9. The van der Waals surface area contributed by atoms with Gasteiger partial charge in [0.15, 0.2) is 0 Å². The van der Waals surface area contributed by atoms with Crippen molar-refractivity contribution in [3.63, 3.8) is 0 Å². The number of allylic oxidation sites excluding steroid dienone is 12. The third kappa shape index (κ3) is 22.9. The molecule has 2 N–H and O–H groups in total. The molecule has 0 radical (unpaired) electrons. The lowest BCUT2D eigenvalue weighted by atomic mass is 10.2. The zero-order chi connectivity index (χ0) is 29.0. The van der Waals surface area contributed by atoms with Crippen molar-refractivity contribution >= 4 is 23.8 Å². The smallest absolute Gasteiger partial charge is 0.330 e. The standard InChI is InChI=1S/C31H44N2O6/c1-4-5-6-7-8-9-10-11-12-13-14-15-16-17-18-19-20-21-22-23-28(34)32-26-27(31(37)39-3)33-29(35)24-25-30(36)38-2/h5-6,8-9,11-12,14-15,17-18,20-21,24-25,27H,4,7,10,13,16,19,22-23,26H2,1-3H3,(H,32,34)(H,33,35)/b6-5-,9-8-,12-11-,15-14-,18-17-,21-20-,25-24+. The molecule has 39 heavy (non-hydrogen) atoms. The molecule has 1 atom stereocenters. The summed E-state index contributed by atoms with van der Waals surface area (Å²) in [6, 6.07) is -1.08. The third-order valence-electron chi connectivity index (χ3n) is 5.01. The second-order valence-corrected chi connectivity index (χ2v) is 8.20. The summed E-state index contributed by atoms with van der Waals surface area (Å²) < 4.78 is 9.04. The summed E-state index contributed by atoms with van der Waals surface area (Å²) in [6.07, 6.45) is 33.7. The molecule has 214 valence electrons. The molecule has 0 spiro atoms. The summed E-state index contributed by atoms with van der Waals surface area (Å²) in [6.45, 7) is 2.00. The van der Waals surface area contributed by atoms with E-state index in [4.69, 9.17) is 0 Å². The lowest BCUT2D eigenvalue weighted by Gasteiger charge is -2.16. The number of hydrogen-bond acceptors (Lipinski definition) is 6. The third-order valence-corrected chi connectivity index (χ3v) is 5.01. The zero-order valence-corrected chi connectivity index (χ0v) is 23.5. The van der Waals surface area contributed by atoms with Crippen LogP contribution in [0.5, 0.6) is 0 Å². The van der Waals surface area contributed by atoms with E-state index >= 15 is 0 Å². The first-order valence-corrected chi connectivity index (χ1v) is 13.3. The Morgan fingerprint density at radius 1 is 0.667 bits per heavy atom. The van der Waals surface area contributed by atoms with E-state index in [0.717, 1.165) is 50.7 Å². The number of methoxy groups -OCH3 is 2. The van der Waals surface area contributed by atoms with Gasteiger partial charge in [0.05, 0.1) is 14.2 Å². The molecule has 0 heterocycles.